The smallest absolute Gasteiger partial charge is 0.153 e. The number of nitrogens with zero attached hydrogens (tertiary/aromatic N) is 3. The van der Waals surface area contributed by atoms with Gasteiger partial charge < -0.3 is 15.8 Å². The number of anilines is 1. The molecule has 7 heteroatoms. The van der Waals surface area contributed by atoms with E-state index in [1.807, 2.05) is 18.2 Å². The summed E-state index contributed by atoms with van der Waals surface area (Å²) in [6, 6.07) is 8.63. The van der Waals surface area contributed by atoms with Gasteiger partial charge in [0.2, 0.25) is 0 Å². The van der Waals surface area contributed by atoms with E-state index >= 15 is 0 Å². The Kier molecular flexibility index (Phi) is 5.22. The van der Waals surface area contributed by atoms with E-state index < -0.39 is 0 Å². The molecule has 0 saturated carbocycles. The highest BCUT2D eigenvalue weighted by Crippen LogP contribution is 2.24. The van der Waals surface area contributed by atoms with Gasteiger partial charge >= 0.3 is 0 Å². The molecule has 1 aliphatic rings. The number of nitrogens with two attached hydrogens (primary N) is 1. The number of hydrogen-bond acceptors (Lipinski definition) is 6. The third-order valence-corrected chi connectivity index (χ3v) is 4.87. The molecule has 2 aromatic heterocycles. The zero-order chi connectivity index (χ0) is 18.6. The standard InChI is InChI=1S/C20H22FN5O/c21-16-8-14(11-23-10-13-3-5-27-6-4-13)7-15(9-16)17-1-2-18-19(26-17)20(22)25-12-24-18/h1-2,7-9,12-13,23H,3-6,10-11H2,(H2,22,24,25). The van der Waals surface area contributed by atoms with Crippen LogP contribution in [-0.2, 0) is 11.3 Å². The van der Waals surface area contributed by atoms with E-state index in [2.05, 4.69) is 20.3 Å². The van der Waals surface area contributed by atoms with Crippen molar-refractivity contribution in [3.8, 4) is 11.3 Å². The molecule has 1 fully saturated rings. The first kappa shape index (κ1) is 17.8. The molecule has 0 unspecified atom stereocenters. The van der Waals surface area contributed by atoms with Crippen LogP contribution >= 0.6 is 0 Å². The fraction of sp³-hybridized carbons (Fsp3) is 0.350. The van der Waals surface area contributed by atoms with Crippen LogP contribution < -0.4 is 11.1 Å². The predicted octanol–water partition coefficient (Wildman–Crippen LogP) is 2.93. The van der Waals surface area contributed by atoms with Crippen molar-refractivity contribution in [2.45, 2.75) is 19.4 Å². The van der Waals surface area contributed by atoms with Crippen molar-refractivity contribution >= 4 is 16.9 Å². The molecular formula is C20H22FN5O. The summed E-state index contributed by atoms with van der Waals surface area (Å²) in [7, 11) is 0. The molecule has 27 heavy (non-hydrogen) atoms. The quantitative estimate of drug-likeness (QED) is 0.721. The van der Waals surface area contributed by atoms with Gasteiger partial charge in [-0.2, -0.15) is 0 Å². The molecule has 0 atom stereocenters. The summed E-state index contributed by atoms with van der Waals surface area (Å²) in [6.07, 6.45) is 3.56. The second kappa shape index (κ2) is 7.94. The second-order valence-corrected chi connectivity index (χ2v) is 6.86. The highest BCUT2D eigenvalue weighted by atomic mass is 19.1. The average Bonchev–Trinajstić information content (AvgIpc) is 2.68. The zero-order valence-corrected chi connectivity index (χ0v) is 15.0. The lowest BCUT2D eigenvalue weighted by atomic mass is 10.0. The monoisotopic (exact) mass is 367 g/mol. The van der Waals surface area contributed by atoms with Gasteiger partial charge in [-0.25, -0.2) is 19.3 Å². The summed E-state index contributed by atoms with van der Waals surface area (Å²) in [6.45, 7) is 3.19. The zero-order valence-electron chi connectivity index (χ0n) is 15.0. The maximum absolute atomic E-state index is 14.2. The summed E-state index contributed by atoms with van der Waals surface area (Å²) >= 11 is 0. The third-order valence-electron chi connectivity index (χ3n) is 4.87. The molecule has 0 radical (unpaired) electrons. The van der Waals surface area contributed by atoms with Gasteiger partial charge in [0.05, 0.1) is 11.2 Å². The SMILES string of the molecule is Nc1ncnc2ccc(-c3cc(F)cc(CNCC4CCOCC4)c3)nc12. The predicted molar refractivity (Wildman–Crippen MR) is 102 cm³/mol. The van der Waals surface area contributed by atoms with Crippen molar-refractivity contribution in [3.05, 3.63) is 48.0 Å². The van der Waals surface area contributed by atoms with E-state index in [0.29, 0.717) is 40.6 Å². The first-order valence-electron chi connectivity index (χ1n) is 9.14. The Bertz CT molecular complexity index is 943. The number of benzene rings is 1. The highest BCUT2D eigenvalue weighted by Gasteiger charge is 2.13. The van der Waals surface area contributed by atoms with Crippen LogP contribution in [0.4, 0.5) is 10.2 Å². The van der Waals surface area contributed by atoms with Crippen LogP contribution in [0.15, 0.2) is 36.7 Å². The number of aromatic nitrogens is 3. The van der Waals surface area contributed by atoms with Gasteiger partial charge in [-0.3, -0.25) is 0 Å². The van der Waals surface area contributed by atoms with Gasteiger partial charge in [0.25, 0.3) is 0 Å². The summed E-state index contributed by atoms with van der Waals surface area (Å²) in [5, 5.41) is 3.43. The first-order valence-corrected chi connectivity index (χ1v) is 9.14. The molecule has 140 valence electrons. The van der Waals surface area contributed by atoms with Crippen LogP contribution in [0.25, 0.3) is 22.3 Å². The molecule has 4 rings (SSSR count). The van der Waals surface area contributed by atoms with Crippen LogP contribution in [0.1, 0.15) is 18.4 Å². The van der Waals surface area contributed by atoms with Gasteiger partial charge in [0.15, 0.2) is 5.82 Å². The number of halogens is 1. The average molecular weight is 367 g/mol. The topological polar surface area (TPSA) is 86.0 Å². The number of hydrogen-bond donors (Lipinski definition) is 2. The normalized spacial score (nSPS) is 15.3. The third kappa shape index (κ3) is 4.20. The van der Waals surface area contributed by atoms with Crippen LogP contribution in [-0.4, -0.2) is 34.7 Å². The summed E-state index contributed by atoms with van der Waals surface area (Å²) < 4.78 is 19.5. The van der Waals surface area contributed by atoms with Crippen molar-refractivity contribution in [1.82, 2.24) is 20.3 Å². The van der Waals surface area contributed by atoms with Crippen LogP contribution in [0.3, 0.4) is 0 Å². The largest absolute Gasteiger partial charge is 0.382 e. The lowest BCUT2D eigenvalue weighted by Gasteiger charge is -2.22. The van der Waals surface area contributed by atoms with E-state index in [-0.39, 0.29) is 5.82 Å². The highest BCUT2D eigenvalue weighted by molar-refractivity contribution is 5.85. The molecule has 0 amide bonds. The Morgan fingerprint density at radius 1 is 1.15 bits per heavy atom. The molecule has 3 aromatic rings. The molecule has 1 aromatic carbocycles. The van der Waals surface area contributed by atoms with E-state index in [1.54, 1.807) is 6.07 Å². The lowest BCUT2D eigenvalue weighted by Crippen LogP contribution is -2.27. The number of nitrogens with one attached hydrogen (secondary N) is 1. The summed E-state index contributed by atoms with van der Waals surface area (Å²) in [5.74, 6) is 0.656. The van der Waals surface area contributed by atoms with Gasteiger partial charge in [-0.05, 0) is 61.2 Å². The number of pyridine rings is 1. The fourth-order valence-corrected chi connectivity index (χ4v) is 3.39. The van der Waals surface area contributed by atoms with Gasteiger partial charge in [0, 0.05) is 25.3 Å². The molecule has 0 aliphatic carbocycles. The summed E-state index contributed by atoms with van der Waals surface area (Å²) in [5.41, 5.74) is 9.33. The number of ether oxygens (including phenoxy) is 1. The first-order chi connectivity index (χ1) is 13.2. The Hall–Kier alpha value is -2.64. The number of rotatable bonds is 5. The van der Waals surface area contributed by atoms with Crippen molar-refractivity contribution < 1.29 is 9.13 Å². The van der Waals surface area contributed by atoms with E-state index in [9.17, 15) is 4.39 Å². The Balaban J connectivity index is 1.52. The summed E-state index contributed by atoms with van der Waals surface area (Å²) in [4.78, 5) is 12.7. The molecule has 0 spiro atoms. The minimum Gasteiger partial charge on any atom is -0.382 e. The molecule has 3 heterocycles. The number of fused-ring (bicyclic) bond motifs is 1. The van der Waals surface area contributed by atoms with Crippen LogP contribution in [0.2, 0.25) is 0 Å². The van der Waals surface area contributed by atoms with E-state index in [0.717, 1.165) is 38.2 Å². The van der Waals surface area contributed by atoms with E-state index in [1.165, 1.54) is 12.4 Å². The van der Waals surface area contributed by atoms with E-state index in [4.69, 9.17) is 10.5 Å². The Morgan fingerprint density at radius 2 is 2.00 bits per heavy atom. The molecule has 0 bridgehead atoms. The van der Waals surface area contributed by atoms with Crippen LogP contribution in [0.5, 0.6) is 0 Å². The lowest BCUT2D eigenvalue weighted by molar-refractivity contribution is 0.0662. The van der Waals surface area contributed by atoms with Crippen molar-refractivity contribution in [2.75, 3.05) is 25.5 Å². The van der Waals surface area contributed by atoms with Crippen molar-refractivity contribution in [1.29, 1.82) is 0 Å². The maximum Gasteiger partial charge on any atom is 0.153 e. The molecular weight excluding hydrogens is 345 g/mol. The van der Waals surface area contributed by atoms with Crippen molar-refractivity contribution in [3.63, 3.8) is 0 Å². The Morgan fingerprint density at radius 3 is 2.85 bits per heavy atom. The minimum absolute atomic E-state index is 0.283. The van der Waals surface area contributed by atoms with Gasteiger partial charge in [-0.15, -0.1) is 0 Å². The molecule has 1 aliphatic heterocycles. The molecule has 6 nitrogen and oxygen atoms in total. The molecule has 3 N–H and O–H groups in total. The minimum atomic E-state index is -0.283. The Labute approximate surface area is 157 Å². The van der Waals surface area contributed by atoms with Gasteiger partial charge in [0.1, 0.15) is 17.7 Å². The van der Waals surface area contributed by atoms with Crippen LogP contribution in [0, 0.1) is 11.7 Å². The molecule has 1 saturated heterocycles. The van der Waals surface area contributed by atoms with Gasteiger partial charge in [-0.1, -0.05) is 0 Å². The fourth-order valence-electron chi connectivity index (χ4n) is 3.39. The second-order valence-electron chi connectivity index (χ2n) is 6.86. The maximum atomic E-state index is 14.2. The number of nitrogen functional groups attached to an aromatic ring is 1. The van der Waals surface area contributed by atoms with Crippen molar-refractivity contribution in [2.24, 2.45) is 5.92 Å².